The van der Waals surface area contributed by atoms with E-state index < -0.39 is 0 Å². The van der Waals surface area contributed by atoms with Crippen LogP contribution in [0.2, 0.25) is 0 Å². The fourth-order valence-corrected chi connectivity index (χ4v) is 8.16. The number of aliphatic imine (C=N–C) groups is 1. The molecule has 7 aromatic carbocycles. The molecule has 0 bridgehead atoms. The molecule has 1 heterocycles. The molecule has 7 aromatic rings. The van der Waals surface area contributed by atoms with Crippen LogP contribution in [-0.2, 0) is 0 Å². The molecule has 0 saturated heterocycles. The smallest absolute Gasteiger partial charge is 0.0230 e. The Morgan fingerprint density at radius 3 is 1.90 bits per heavy atom. The topological polar surface area (TPSA) is 12.4 Å². The van der Waals surface area contributed by atoms with Crippen LogP contribution in [-0.4, -0.2) is 6.21 Å². The first-order valence-electron chi connectivity index (χ1n) is 18.4. The molecule has 0 amide bonds. The van der Waals surface area contributed by atoms with Crippen LogP contribution in [0.15, 0.2) is 169 Å². The molecule has 9 rings (SSSR count). The van der Waals surface area contributed by atoms with E-state index in [2.05, 4.69) is 170 Å². The Morgan fingerprint density at radius 1 is 0.529 bits per heavy atom. The summed E-state index contributed by atoms with van der Waals surface area (Å²) < 4.78 is 0. The van der Waals surface area contributed by atoms with Crippen LogP contribution in [0.25, 0.3) is 71.3 Å². The summed E-state index contributed by atoms with van der Waals surface area (Å²) in [5, 5.41) is 7.81. The second kappa shape index (κ2) is 13.5. The third kappa shape index (κ3) is 6.04. The van der Waals surface area contributed by atoms with Crippen LogP contribution in [0.1, 0.15) is 49.7 Å². The van der Waals surface area contributed by atoms with Crippen molar-refractivity contribution < 1.29 is 0 Å². The molecule has 51 heavy (non-hydrogen) atoms. The molecule has 1 aliphatic heterocycles. The monoisotopic (exact) mass is 655 g/mol. The molecule has 0 radical (unpaired) electrons. The highest BCUT2D eigenvalue weighted by atomic mass is 14.7. The minimum Gasteiger partial charge on any atom is -0.269 e. The minimum absolute atomic E-state index is 0.315. The molecule has 2 unspecified atom stereocenters. The van der Waals surface area contributed by atoms with Crippen molar-refractivity contribution in [1.29, 1.82) is 0 Å². The van der Waals surface area contributed by atoms with Crippen molar-refractivity contribution in [3.8, 4) is 33.4 Å². The van der Waals surface area contributed by atoms with Crippen molar-refractivity contribution in [2.24, 2.45) is 10.9 Å². The number of hydrogen-bond acceptors (Lipinski definition) is 1. The maximum atomic E-state index is 4.38. The number of hydrogen-bond donors (Lipinski definition) is 0. The normalized spacial score (nSPS) is 17.5. The quantitative estimate of drug-likeness (QED) is 0.164. The van der Waals surface area contributed by atoms with Gasteiger partial charge in [0.2, 0.25) is 0 Å². The van der Waals surface area contributed by atoms with Gasteiger partial charge < -0.3 is 0 Å². The summed E-state index contributed by atoms with van der Waals surface area (Å²) in [6.45, 7) is 2.37. The van der Waals surface area contributed by atoms with Crippen LogP contribution < -0.4 is 0 Å². The molecule has 2 atom stereocenters. The lowest BCUT2D eigenvalue weighted by atomic mass is 9.85. The lowest BCUT2D eigenvalue weighted by Gasteiger charge is -2.19. The van der Waals surface area contributed by atoms with Gasteiger partial charge in [-0.2, -0.15) is 0 Å². The standard InChI is InChI=1S/C50H41N/c1-34-11-2-3-12-35(22-21-34)40-30-41(36-25-27-51-28-26-36)32-42(31-40)44-16-5-4-15-43(44)39-14-10-13-37(29-39)38-23-24-49-47-19-7-6-17-45(47)46-18-8-9-20-48(46)50(49)33-38/h3-10,12-20,22-25,27-34,36H,2,11,21,26H2,1H3. The number of allylic oxidation sites excluding steroid dienone is 5. The summed E-state index contributed by atoms with van der Waals surface area (Å²) in [5.41, 5.74) is 11.4. The Bertz CT molecular complexity index is 2520. The van der Waals surface area contributed by atoms with Gasteiger partial charge in [0.25, 0.3) is 0 Å². The fraction of sp³-hybridized carbons (Fsp3) is 0.140. The Hall–Kier alpha value is -5.79. The van der Waals surface area contributed by atoms with Crippen LogP contribution in [0.3, 0.4) is 0 Å². The van der Waals surface area contributed by atoms with E-state index in [0.717, 1.165) is 19.3 Å². The Morgan fingerprint density at radius 2 is 1.16 bits per heavy atom. The summed E-state index contributed by atoms with van der Waals surface area (Å²) in [4.78, 5) is 4.38. The molecule has 0 aromatic heterocycles. The first-order chi connectivity index (χ1) is 25.2. The maximum absolute atomic E-state index is 4.38. The van der Waals surface area contributed by atoms with Gasteiger partial charge in [0.05, 0.1) is 0 Å². The Labute approximate surface area is 301 Å². The predicted molar refractivity (Wildman–Crippen MR) is 220 cm³/mol. The summed E-state index contributed by atoms with van der Waals surface area (Å²) in [6.07, 6.45) is 17.8. The van der Waals surface area contributed by atoms with Gasteiger partial charge in [-0.25, -0.2) is 0 Å². The molecule has 1 heteroatoms. The van der Waals surface area contributed by atoms with Crippen molar-refractivity contribution >= 4 is 44.1 Å². The Kier molecular flexibility index (Phi) is 8.26. The lowest BCUT2D eigenvalue weighted by molar-refractivity contribution is 0.545. The zero-order valence-electron chi connectivity index (χ0n) is 29.1. The van der Waals surface area contributed by atoms with E-state index in [1.807, 2.05) is 12.4 Å². The number of benzene rings is 7. The van der Waals surface area contributed by atoms with Gasteiger partial charge >= 0.3 is 0 Å². The fourth-order valence-electron chi connectivity index (χ4n) is 8.16. The van der Waals surface area contributed by atoms with Crippen LogP contribution in [0, 0.1) is 5.92 Å². The molecule has 0 spiro atoms. The molecule has 1 nitrogen and oxygen atoms in total. The first-order valence-corrected chi connectivity index (χ1v) is 18.4. The van der Waals surface area contributed by atoms with E-state index in [9.17, 15) is 0 Å². The highest BCUT2D eigenvalue weighted by Crippen LogP contribution is 2.40. The van der Waals surface area contributed by atoms with Crippen molar-refractivity contribution in [2.45, 2.75) is 38.5 Å². The summed E-state index contributed by atoms with van der Waals surface area (Å²) >= 11 is 0. The SMILES string of the molecule is CC1CC=C(c2cc(-c3ccccc3-c3cccc(-c4ccc5c6ccccc6c6ccccc6c5c4)c3)cc(C3C=CN=CC3)c2)C=CCC1. The van der Waals surface area contributed by atoms with E-state index in [4.69, 9.17) is 0 Å². The molecule has 0 fully saturated rings. The minimum atomic E-state index is 0.315. The average molecular weight is 656 g/mol. The van der Waals surface area contributed by atoms with Gasteiger partial charge in [0, 0.05) is 18.3 Å². The van der Waals surface area contributed by atoms with E-state index in [-0.39, 0.29) is 0 Å². The van der Waals surface area contributed by atoms with Crippen molar-refractivity contribution in [2.75, 3.05) is 0 Å². The second-order valence-corrected chi connectivity index (χ2v) is 14.3. The number of fused-ring (bicyclic) bond motifs is 6. The third-order valence-electron chi connectivity index (χ3n) is 10.9. The van der Waals surface area contributed by atoms with Crippen LogP contribution in [0.5, 0.6) is 0 Å². The van der Waals surface area contributed by atoms with Gasteiger partial charge in [-0.05, 0) is 132 Å². The number of rotatable bonds is 5. The van der Waals surface area contributed by atoms with Gasteiger partial charge in [-0.1, -0.05) is 146 Å². The molecular weight excluding hydrogens is 615 g/mol. The highest BCUT2D eigenvalue weighted by Gasteiger charge is 2.17. The zero-order valence-corrected chi connectivity index (χ0v) is 29.1. The molecule has 0 saturated carbocycles. The average Bonchev–Trinajstić information content (AvgIpc) is 3.19. The Balaban J connectivity index is 1.16. The van der Waals surface area contributed by atoms with E-state index in [1.54, 1.807) is 0 Å². The van der Waals surface area contributed by atoms with Crippen molar-refractivity contribution in [3.63, 3.8) is 0 Å². The predicted octanol–water partition coefficient (Wildman–Crippen LogP) is 14.0. The second-order valence-electron chi connectivity index (χ2n) is 14.3. The molecular formula is C50H41N. The summed E-state index contributed by atoms with van der Waals surface area (Å²) in [6, 6.07) is 49.9. The van der Waals surface area contributed by atoms with Gasteiger partial charge in [0.1, 0.15) is 0 Å². The van der Waals surface area contributed by atoms with Crippen LogP contribution >= 0.6 is 0 Å². The molecule has 2 aliphatic rings. The van der Waals surface area contributed by atoms with Gasteiger partial charge in [-0.3, -0.25) is 4.99 Å². The highest BCUT2D eigenvalue weighted by molar-refractivity contribution is 6.25. The third-order valence-corrected chi connectivity index (χ3v) is 10.9. The molecule has 0 N–H and O–H groups in total. The zero-order chi connectivity index (χ0) is 34.1. The van der Waals surface area contributed by atoms with Crippen molar-refractivity contribution in [1.82, 2.24) is 0 Å². The van der Waals surface area contributed by atoms with E-state index in [0.29, 0.717) is 11.8 Å². The van der Waals surface area contributed by atoms with Crippen LogP contribution in [0.4, 0.5) is 0 Å². The van der Waals surface area contributed by atoms with Gasteiger partial charge in [0.15, 0.2) is 0 Å². The number of nitrogens with zero attached hydrogens (tertiary/aromatic N) is 1. The summed E-state index contributed by atoms with van der Waals surface area (Å²) in [5.74, 6) is 1.01. The van der Waals surface area contributed by atoms with E-state index in [1.165, 1.54) is 88.8 Å². The van der Waals surface area contributed by atoms with Crippen molar-refractivity contribution in [3.05, 3.63) is 175 Å². The lowest BCUT2D eigenvalue weighted by Crippen LogP contribution is -2.02. The summed E-state index contributed by atoms with van der Waals surface area (Å²) in [7, 11) is 0. The largest absolute Gasteiger partial charge is 0.269 e. The van der Waals surface area contributed by atoms with E-state index >= 15 is 0 Å². The maximum Gasteiger partial charge on any atom is 0.0230 e. The van der Waals surface area contributed by atoms with Gasteiger partial charge in [-0.15, -0.1) is 0 Å². The first kappa shape index (κ1) is 31.2. The molecule has 246 valence electrons. The molecule has 1 aliphatic carbocycles.